The number of aromatic nitrogens is 3. The molecule has 0 N–H and O–H groups in total. The first-order valence-corrected chi connectivity index (χ1v) is 11.1. The standard InChI is InChI=1S/C23H11ClF4IN3O2/c24-16-5-2-6-17(26)19(16)20-18(12-7-8-33-11-12)21(34-31-20)15-10-30-32(22(15)23(27,28)29)14-4-1-3-13(25)9-14/h1-11H. The molecule has 0 radical (unpaired) electrons. The minimum atomic E-state index is -3.45. The van der Waals surface area contributed by atoms with E-state index in [9.17, 15) is 17.6 Å². The van der Waals surface area contributed by atoms with Crippen LogP contribution in [0.4, 0.5) is 17.6 Å². The summed E-state index contributed by atoms with van der Waals surface area (Å²) in [7, 11) is 0. The maximum absolute atomic E-state index is 14.9. The third kappa shape index (κ3) is 3.90. The fourth-order valence-corrected chi connectivity index (χ4v) is 4.41. The lowest BCUT2D eigenvalue weighted by Gasteiger charge is -2.14. The first kappa shape index (κ1) is 22.7. The molecule has 0 bridgehead atoms. The highest BCUT2D eigenvalue weighted by molar-refractivity contribution is 14.1. The summed E-state index contributed by atoms with van der Waals surface area (Å²) in [5, 5.41) is 8.09. The predicted molar refractivity (Wildman–Crippen MR) is 125 cm³/mol. The molecule has 34 heavy (non-hydrogen) atoms. The number of rotatable bonds is 5. The second-order valence-electron chi connectivity index (χ2n) is 7.14. The highest BCUT2D eigenvalue weighted by Gasteiger charge is 2.39. The van der Waals surface area contributed by atoms with Crippen LogP contribution in [0.2, 0.25) is 5.02 Å². The first-order chi connectivity index (χ1) is 16.3. The van der Waals surface area contributed by atoms with Gasteiger partial charge < -0.3 is 8.94 Å². The van der Waals surface area contributed by atoms with Crippen molar-refractivity contribution < 1.29 is 26.5 Å². The topological polar surface area (TPSA) is 57.0 Å². The number of nitrogens with zero attached hydrogens (tertiary/aromatic N) is 3. The van der Waals surface area contributed by atoms with Crippen LogP contribution in [-0.4, -0.2) is 14.9 Å². The molecular weight excluding hydrogens is 589 g/mol. The van der Waals surface area contributed by atoms with Crippen molar-refractivity contribution in [3.8, 4) is 39.4 Å². The summed E-state index contributed by atoms with van der Waals surface area (Å²) in [6.45, 7) is 0. The van der Waals surface area contributed by atoms with Gasteiger partial charge >= 0.3 is 3.93 Å². The second kappa shape index (κ2) is 8.58. The maximum atomic E-state index is 14.9. The molecule has 0 fully saturated rings. The molecule has 0 aliphatic carbocycles. The van der Waals surface area contributed by atoms with Crippen molar-refractivity contribution in [2.24, 2.45) is 0 Å². The number of alkyl halides is 3. The molecule has 0 saturated carbocycles. The van der Waals surface area contributed by atoms with Crippen molar-refractivity contribution in [1.82, 2.24) is 14.9 Å². The average molecular weight is 600 g/mol. The molecular formula is C23H11ClF4IN3O2. The van der Waals surface area contributed by atoms with Crippen LogP contribution < -0.4 is 0 Å². The van der Waals surface area contributed by atoms with E-state index in [0.29, 0.717) is 5.56 Å². The van der Waals surface area contributed by atoms with Gasteiger partial charge in [0.2, 0.25) is 0 Å². The molecule has 5 aromatic rings. The van der Waals surface area contributed by atoms with Gasteiger partial charge in [-0.05, 0) is 36.4 Å². The van der Waals surface area contributed by atoms with Crippen LogP contribution in [0.1, 0.15) is 5.69 Å². The van der Waals surface area contributed by atoms with Gasteiger partial charge in [-0.15, -0.1) is 0 Å². The smallest absolute Gasteiger partial charge is 0.338 e. The molecule has 0 unspecified atom stereocenters. The molecule has 3 heterocycles. The molecule has 3 aromatic heterocycles. The van der Waals surface area contributed by atoms with Crippen LogP contribution in [0.3, 0.4) is 0 Å². The van der Waals surface area contributed by atoms with Gasteiger partial charge in [0.05, 0.1) is 46.1 Å². The van der Waals surface area contributed by atoms with E-state index < -0.39 is 21.3 Å². The molecule has 172 valence electrons. The number of halogens is 6. The first-order valence-electron chi connectivity index (χ1n) is 9.64. The van der Waals surface area contributed by atoms with E-state index in [1.54, 1.807) is 6.07 Å². The monoisotopic (exact) mass is 599 g/mol. The van der Waals surface area contributed by atoms with E-state index in [1.165, 1.54) is 48.9 Å². The quantitative estimate of drug-likeness (QED) is 0.117. The molecule has 0 aliphatic rings. The molecule has 0 amide bonds. The summed E-state index contributed by atoms with van der Waals surface area (Å²) in [5.74, 6) is -1.40. The molecule has 0 atom stereocenters. The fraction of sp³-hybridized carbons (Fsp3) is 0.0435. The predicted octanol–water partition coefficient (Wildman–Crippen LogP) is 7.87. The Labute approximate surface area is 208 Å². The van der Waals surface area contributed by atoms with Crippen LogP contribution in [0.5, 0.6) is 0 Å². The van der Waals surface area contributed by atoms with Crippen LogP contribution in [0, 0.1) is 11.6 Å². The third-order valence-electron chi connectivity index (χ3n) is 5.04. The highest BCUT2D eigenvalue weighted by atomic mass is 127. The van der Waals surface area contributed by atoms with E-state index in [1.807, 2.05) is 0 Å². The van der Waals surface area contributed by atoms with Gasteiger partial charge in [-0.3, -0.25) is 0 Å². The Hall–Kier alpha value is -3.12. The van der Waals surface area contributed by atoms with Gasteiger partial charge in [-0.2, -0.15) is 13.9 Å². The fourth-order valence-electron chi connectivity index (χ4n) is 3.63. The van der Waals surface area contributed by atoms with Crippen molar-refractivity contribution in [3.63, 3.8) is 0 Å². The minimum Gasteiger partial charge on any atom is -0.472 e. The van der Waals surface area contributed by atoms with Crippen molar-refractivity contribution in [1.29, 1.82) is 0 Å². The average Bonchev–Trinajstić information content (AvgIpc) is 3.52. The lowest BCUT2D eigenvalue weighted by atomic mass is 9.98. The molecule has 5 nitrogen and oxygen atoms in total. The zero-order chi connectivity index (χ0) is 24.0. The van der Waals surface area contributed by atoms with E-state index in [0.717, 1.165) is 39.5 Å². The number of hydrogen-bond acceptors (Lipinski definition) is 4. The van der Waals surface area contributed by atoms with Crippen molar-refractivity contribution in [3.05, 3.63) is 89.6 Å². The number of benzene rings is 2. The zero-order valence-electron chi connectivity index (χ0n) is 16.8. The van der Waals surface area contributed by atoms with Gasteiger partial charge in [-0.25, -0.2) is 13.5 Å². The van der Waals surface area contributed by atoms with Crippen LogP contribution in [-0.2, 0) is 3.93 Å². The van der Waals surface area contributed by atoms with E-state index in [2.05, 4.69) is 10.3 Å². The zero-order valence-corrected chi connectivity index (χ0v) is 19.7. The summed E-state index contributed by atoms with van der Waals surface area (Å²) in [6.07, 6.45) is 3.86. The Morgan fingerprint density at radius 1 is 1.03 bits per heavy atom. The number of hydrogen-bond donors (Lipinski definition) is 0. The van der Waals surface area contributed by atoms with E-state index in [4.69, 9.17) is 20.5 Å². The molecule has 5 rings (SSSR count). The largest absolute Gasteiger partial charge is 0.472 e. The van der Waals surface area contributed by atoms with Crippen molar-refractivity contribution in [2.45, 2.75) is 3.93 Å². The van der Waals surface area contributed by atoms with Gasteiger partial charge in [-0.1, -0.05) is 28.9 Å². The van der Waals surface area contributed by atoms with Crippen molar-refractivity contribution >= 4 is 34.2 Å². The Balaban J connectivity index is 1.80. The Morgan fingerprint density at radius 2 is 1.82 bits per heavy atom. The van der Waals surface area contributed by atoms with Crippen LogP contribution in [0.15, 0.2) is 76.2 Å². The van der Waals surface area contributed by atoms with Crippen LogP contribution >= 0.6 is 34.2 Å². The Morgan fingerprint density at radius 3 is 2.50 bits per heavy atom. The minimum absolute atomic E-state index is 0.000676. The molecule has 0 saturated heterocycles. The normalized spacial score (nSPS) is 11.8. The van der Waals surface area contributed by atoms with E-state index in [-0.39, 0.29) is 38.9 Å². The van der Waals surface area contributed by atoms with Crippen LogP contribution in [0.25, 0.3) is 39.4 Å². The molecule has 0 aliphatic heterocycles. The Bertz CT molecular complexity index is 1470. The van der Waals surface area contributed by atoms with Crippen molar-refractivity contribution in [2.75, 3.05) is 0 Å². The summed E-state index contributed by atoms with van der Waals surface area (Å²) >= 11 is 7.19. The van der Waals surface area contributed by atoms with Gasteiger partial charge in [0.15, 0.2) is 5.76 Å². The summed E-state index contributed by atoms with van der Waals surface area (Å²) < 4.78 is 66.4. The third-order valence-corrected chi connectivity index (χ3v) is 5.86. The van der Waals surface area contributed by atoms with Gasteiger partial charge in [0.25, 0.3) is 0 Å². The second-order valence-corrected chi connectivity index (χ2v) is 8.90. The Kier molecular flexibility index (Phi) is 5.72. The van der Waals surface area contributed by atoms with E-state index >= 15 is 0 Å². The van der Waals surface area contributed by atoms with Gasteiger partial charge in [0.1, 0.15) is 23.0 Å². The summed E-state index contributed by atoms with van der Waals surface area (Å²) in [5.41, 5.74) is -0.0965. The summed E-state index contributed by atoms with van der Waals surface area (Å²) in [4.78, 5) is 0. The maximum Gasteiger partial charge on any atom is 0.338 e. The van der Waals surface area contributed by atoms with Gasteiger partial charge in [0, 0.05) is 28.2 Å². The molecule has 11 heteroatoms. The molecule has 2 aromatic carbocycles. The lowest BCUT2D eigenvalue weighted by molar-refractivity contribution is 0.119. The lowest BCUT2D eigenvalue weighted by Crippen LogP contribution is -2.13. The number of furan rings is 1. The molecule has 0 spiro atoms. The SMILES string of the molecule is Fc1cccc(-n2ncc(-c3onc(-c4c(F)cccc4Cl)c3-c3ccoc3)c2C(F)(F)I)c1. The summed E-state index contributed by atoms with van der Waals surface area (Å²) in [6, 6.07) is 10.7. The highest BCUT2D eigenvalue weighted by Crippen LogP contribution is 2.48.